The molecule has 11 heteroatoms. The van der Waals surface area contributed by atoms with Crippen LogP contribution in [0.25, 0.3) is 0 Å². The van der Waals surface area contributed by atoms with E-state index in [4.69, 9.17) is 32.7 Å². The molecule has 2 atom stereocenters. The average molecular weight is 548 g/mol. The summed E-state index contributed by atoms with van der Waals surface area (Å²) in [5, 5.41) is 15.9. The Morgan fingerprint density at radius 3 is 2.50 bits per heavy atom. The van der Waals surface area contributed by atoms with Crippen molar-refractivity contribution in [2.24, 2.45) is 5.92 Å². The Morgan fingerprint density at radius 2 is 1.92 bits per heavy atom. The molecule has 1 heterocycles. The summed E-state index contributed by atoms with van der Waals surface area (Å²) in [6.45, 7) is 4.00. The van der Waals surface area contributed by atoms with Crippen molar-refractivity contribution >= 4 is 58.4 Å². The van der Waals surface area contributed by atoms with Gasteiger partial charge < -0.3 is 20.1 Å². The van der Waals surface area contributed by atoms with Gasteiger partial charge in [0, 0.05) is 11.6 Å². The molecule has 1 aliphatic heterocycles. The van der Waals surface area contributed by atoms with Crippen LogP contribution in [0.4, 0.5) is 5.69 Å². The molecule has 2 amide bonds. The number of benzene rings is 2. The van der Waals surface area contributed by atoms with Gasteiger partial charge in [-0.3, -0.25) is 14.4 Å². The molecule has 0 saturated carbocycles. The summed E-state index contributed by atoms with van der Waals surface area (Å²) in [6, 6.07) is 12.4. The van der Waals surface area contributed by atoms with Gasteiger partial charge in [-0.2, -0.15) is 5.26 Å². The smallest absolute Gasteiger partial charge is 0.319 e. The lowest BCUT2D eigenvalue weighted by atomic mass is 9.78. The molecule has 1 aliphatic rings. The first-order valence-corrected chi connectivity index (χ1v) is 12.6. The number of methoxy groups -OCH3 is 1. The largest absolute Gasteiger partial charge is 0.491 e. The summed E-state index contributed by atoms with van der Waals surface area (Å²) < 4.78 is 10.3. The zero-order valence-corrected chi connectivity index (χ0v) is 22.0. The van der Waals surface area contributed by atoms with Crippen molar-refractivity contribution < 1.29 is 23.9 Å². The summed E-state index contributed by atoms with van der Waals surface area (Å²) in [5.41, 5.74) is 2.05. The zero-order valence-electron chi connectivity index (χ0n) is 19.7. The number of nitriles is 1. The third-order valence-corrected chi connectivity index (χ3v) is 6.88. The molecule has 2 N–H and O–H groups in total. The summed E-state index contributed by atoms with van der Waals surface area (Å²) in [6.07, 6.45) is 0. The van der Waals surface area contributed by atoms with Crippen LogP contribution in [0.2, 0.25) is 10.0 Å². The van der Waals surface area contributed by atoms with Crippen LogP contribution in [0.15, 0.2) is 47.0 Å². The summed E-state index contributed by atoms with van der Waals surface area (Å²) in [7, 11) is 1.15. The van der Waals surface area contributed by atoms with Crippen molar-refractivity contribution in [3.8, 4) is 11.8 Å². The van der Waals surface area contributed by atoms with Crippen molar-refractivity contribution in [3.05, 3.63) is 68.2 Å². The maximum absolute atomic E-state index is 13.0. The number of thioether (sulfide) groups is 1. The number of ether oxygens (including phenoxy) is 2. The fourth-order valence-electron chi connectivity index (χ4n) is 3.78. The number of halogens is 2. The normalized spacial score (nSPS) is 17.2. The molecule has 2 aromatic carbocycles. The van der Waals surface area contributed by atoms with E-state index < -0.39 is 23.7 Å². The minimum absolute atomic E-state index is 0.0784. The summed E-state index contributed by atoms with van der Waals surface area (Å²) in [4.78, 5) is 38.1. The van der Waals surface area contributed by atoms with Gasteiger partial charge in [-0.25, -0.2) is 0 Å². The standard InChI is InChI=1S/C25H23Cl2N3O5S/c1-4-35-22-17(26)9-14(10-18(22)27)20-16(11-28)24(30-23(32)21(20)25(33)34-3)36-12-19(31)29-15-7-5-6-13(2)8-15/h5-10,20-21H,4,12H2,1-3H3,(H,29,31)(H,30,32)/t20-,21-/m0/s1. The molecular weight excluding hydrogens is 525 g/mol. The predicted octanol–water partition coefficient (Wildman–Crippen LogP) is 4.81. The van der Waals surface area contributed by atoms with Crippen LogP contribution in [0.1, 0.15) is 24.0 Å². The molecule has 0 spiro atoms. The van der Waals surface area contributed by atoms with Crippen LogP contribution in [-0.4, -0.2) is 37.3 Å². The zero-order chi connectivity index (χ0) is 26.4. The van der Waals surface area contributed by atoms with Crippen LogP contribution in [0, 0.1) is 24.2 Å². The first-order valence-electron chi connectivity index (χ1n) is 10.8. The SMILES string of the molecule is CCOc1c(Cl)cc([C@H]2C(C#N)=C(SCC(=O)Nc3cccc(C)c3)NC(=O)[C@H]2C(=O)OC)cc1Cl. The molecule has 0 aliphatic carbocycles. The Balaban J connectivity index is 1.97. The number of amides is 2. The van der Waals surface area contributed by atoms with Crippen molar-refractivity contribution in [1.29, 1.82) is 5.26 Å². The van der Waals surface area contributed by atoms with Gasteiger partial charge in [0.05, 0.1) is 46.2 Å². The van der Waals surface area contributed by atoms with Crippen molar-refractivity contribution in [1.82, 2.24) is 5.32 Å². The van der Waals surface area contributed by atoms with Gasteiger partial charge >= 0.3 is 5.97 Å². The first-order chi connectivity index (χ1) is 17.2. The third-order valence-electron chi connectivity index (χ3n) is 5.30. The van der Waals surface area contributed by atoms with Gasteiger partial charge in [0.25, 0.3) is 0 Å². The Hall–Kier alpha value is -3.19. The highest BCUT2D eigenvalue weighted by Crippen LogP contribution is 2.44. The lowest BCUT2D eigenvalue weighted by molar-refractivity contribution is -0.150. The summed E-state index contributed by atoms with van der Waals surface area (Å²) in [5.74, 6) is -4.06. The highest BCUT2D eigenvalue weighted by atomic mass is 35.5. The quantitative estimate of drug-likeness (QED) is 0.359. The minimum atomic E-state index is -1.36. The highest BCUT2D eigenvalue weighted by Gasteiger charge is 2.44. The Morgan fingerprint density at radius 1 is 1.22 bits per heavy atom. The van der Waals surface area contributed by atoms with E-state index in [0.717, 1.165) is 24.4 Å². The van der Waals surface area contributed by atoms with Crippen LogP contribution in [0.3, 0.4) is 0 Å². The van der Waals surface area contributed by atoms with Crippen LogP contribution in [-0.2, 0) is 19.1 Å². The number of hydrogen-bond acceptors (Lipinski definition) is 7. The number of allylic oxidation sites excluding steroid dienone is 1. The van der Waals surface area contributed by atoms with E-state index in [0.29, 0.717) is 17.9 Å². The van der Waals surface area contributed by atoms with Gasteiger partial charge in [-0.15, -0.1) is 0 Å². The number of nitrogens with zero attached hydrogens (tertiary/aromatic N) is 1. The fourth-order valence-corrected chi connectivity index (χ4v) is 5.24. The number of rotatable bonds is 8. The van der Waals surface area contributed by atoms with E-state index in [1.165, 1.54) is 12.1 Å². The maximum Gasteiger partial charge on any atom is 0.319 e. The van der Waals surface area contributed by atoms with Crippen LogP contribution < -0.4 is 15.4 Å². The van der Waals surface area contributed by atoms with Gasteiger partial charge in [0.2, 0.25) is 11.8 Å². The molecule has 3 rings (SSSR count). The number of anilines is 1. The number of hydrogen-bond donors (Lipinski definition) is 2. The molecule has 2 aromatic rings. The van der Waals surface area contributed by atoms with E-state index in [1.807, 2.05) is 25.1 Å². The minimum Gasteiger partial charge on any atom is -0.491 e. The maximum atomic E-state index is 13.0. The Kier molecular flexibility index (Phi) is 9.26. The van der Waals surface area contributed by atoms with Crippen molar-refractivity contribution in [3.63, 3.8) is 0 Å². The second-order valence-electron chi connectivity index (χ2n) is 7.78. The lowest BCUT2D eigenvalue weighted by Gasteiger charge is -2.31. The van der Waals surface area contributed by atoms with Gasteiger partial charge in [0.1, 0.15) is 5.92 Å². The Bertz CT molecular complexity index is 1250. The topological polar surface area (TPSA) is 118 Å². The van der Waals surface area contributed by atoms with Crippen LogP contribution in [0.5, 0.6) is 5.75 Å². The van der Waals surface area contributed by atoms with E-state index in [1.54, 1.807) is 13.0 Å². The summed E-state index contributed by atoms with van der Waals surface area (Å²) >= 11 is 13.7. The molecule has 188 valence electrons. The number of carbonyl (C=O) groups excluding carboxylic acids is 3. The monoisotopic (exact) mass is 547 g/mol. The first kappa shape index (κ1) is 27.4. The van der Waals surface area contributed by atoms with E-state index >= 15 is 0 Å². The molecule has 0 aromatic heterocycles. The van der Waals surface area contributed by atoms with Crippen molar-refractivity contribution in [2.45, 2.75) is 19.8 Å². The molecular formula is C25H23Cl2N3O5S. The number of nitrogens with one attached hydrogen (secondary N) is 2. The number of carbonyl (C=O) groups is 3. The predicted molar refractivity (Wildman–Crippen MR) is 139 cm³/mol. The average Bonchev–Trinajstić information content (AvgIpc) is 2.83. The second-order valence-corrected chi connectivity index (χ2v) is 9.58. The highest BCUT2D eigenvalue weighted by molar-refractivity contribution is 8.03. The molecule has 0 saturated heterocycles. The number of aryl methyl sites for hydroxylation is 1. The number of esters is 1. The van der Waals surface area contributed by atoms with Gasteiger partial charge in [0.15, 0.2) is 5.75 Å². The van der Waals surface area contributed by atoms with E-state index in [9.17, 15) is 19.6 Å². The van der Waals surface area contributed by atoms with Gasteiger partial charge in [-0.1, -0.05) is 47.1 Å². The molecule has 8 nitrogen and oxygen atoms in total. The molecule has 0 unspecified atom stereocenters. The van der Waals surface area contributed by atoms with Gasteiger partial charge in [-0.05, 0) is 49.2 Å². The third kappa shape index (κ3) is 6.13. The molecule has 36 heavy (non-hydrogen) atoms. The van der Waals surface area contributed by atoms with Crippen LogP contribution >= 0.6 is 35.0 Å². The Labute approximate surface area is 222 Å². The molecule has 0 radical (unpaired) electrons. The van der Waals surface area contributed by atoms with E-state index in [-0.39, 0.29) is 38.1 Å². The molecule has 0 fully saturated rings. The lowest BCUT2D eigenvalue weighted by Crippen LogP contribution is -2.44. The van der Waals surface area contributed by atoms with E-state index in [2.05, 4.69) is 16.7 Å². The second kappa shape index (κ2) is 12.2. The molecule has 0 bridgehead atoms. The fraction of sp³-hybridized carbons (Fsp3) is 0.280. The van der Waals surface area contributed by atoms with Crippen molar-refractivity contribution in [2.75, 3.05) is 24.8 Å².